The number of hydrogen-bond acceptors (Lipinski definition) is 4. The van der Waals surface area contributed by atoms with Crippen LogP contribution in [-0.2, 0) is 18.4 Å². The zero-order valence-corrected chi connectivity index (χ0v) is 16.5. The molecule has 0 aliphatic carbocycles. The average Bonchev–Trinajstić information content (AvgIpc) is 2.67. The highest BCUT2D eigenvalue weighted by molar-refractivity contribution is 6.71. The van der Waals surface area contributed by atoms with E-state index in [1.807, 2.05) is 19.6 Å². The Morgan fingerprint density at radius 2 is 1.71 bits per heavy atom. The predicted molar refractivity (Wildman–Crippen MR) is 88.5 cm³/mol. The molecule has 1 fully saturated rings. The summed E-state index contributed by atoms with van der Waals surface area (Å²) < 4.78 is 11.6. The van der Waals surface area contributed by atoms with Gasteiger partial charge in [-0.15, -0.1) is 11.6 Å². The Morgan fingerprint density at radius 3 is 2.14 bits per heavy atom. The molecule has 0 aromatic carbocycles. The summed E-state index contributed by atoms with van der Waals surface area (Å²) in [6, 6.07) is -0.565. The van der Waals surface area contributed by atoms with Crippen molar-refractivity contribution in [2.75, 3.05) is 12.4 Å². The first-order chi connectivity index (χ1) is 9.43. The lowest BCUT2D eigenvalue weighted by Gasteiger charge is -2.26. The Hall–Kier alpha value is -0.376. The second-order valence-electron chi connectivity index (χ2n) is 7.32. The Labute approximate surface area is 134 Å². The molecule has 21 heavy (non-hydrogen) atoms. The Morgan fingerprint density at radius 1 is 1.14 bits per heavy atom. The molecule has 0 saturated carbocycles. The van der Waals surface area contributed by atoms with Crippen LogP contribution in [0.4, 0.5) is 0 Å². The molecule has 0 N–H and O–H groups in total. The van der Waals surface area contributed by atoms with Crippen molar-refractivity contribution in [1.29, 1.82) is 0 Å². The zero-order chi connectivity index (χ0) is 16.4. The maximum Gasteiger partial charge on any atom is 0.315 e. The van der Waals surface area contributed by atoms with Crippen LogP contribution >= 0.6 is 11.6 Å². The fourth-order valence-electron chi connectivity index (χ4n) is 2.33. The fourth-order valence-corrected chi connectivity index (χ4v) is 4.39. The number of likely N-dealkylation sites (tertiary alicyclic amines) is 1. The van der Waals surface area contributed by atoms with Crippen molar-refractivity contribution in [3.05, 3.63) is 0 Å². The van der Waals surface area contributed by atoms with Gasteiger partial charge in [0.15, 0.2) is 8.32 Å². The van der Waals surface area contributed by atoms with Gasteiger partial charge in [-0.1, -0.05) is 0 Å². The minimum Gasteiger partial charge on any atom is -0.518 e. The number of hydrogen-bond donors (Lipinski definition) is 0. The molecular formula is C13H26ClNO4Si2. The van der Waals surface area contributed by atoms with Gasteiger partial charge in [-0.05, 0) is 39.3 Å². The molecule has 122 valence electrons. The van der Waals surface area contributed by atoms with Gasteiger partial charge in [0, 0.05) is 13.0 Å². The van der Waals surface area contributed by atoms with Crippen LogP contribution in [0.5, 0.6) is 0 Å². The summed E-state index contributed by atoms with van der Waals surface area (Å²) in [6.45, 7) is 12.5. The van der Waals surface area contributed by atoms with Crippen LogP contribution < -0.4 is 0 Å². The van der Waals surface area contributed by atoms with Gasteiger partial charge in [-0.2, -0.15) is 0 Å². The highest BCUT2D eigenvalue weighted by atomic mass is 35.5. The van der Waals surface area contributed by atoms with Crippen molar-refractivity contribution in [2.24, 2.45) is 0 Å². The van der Waals surface area contributed by atoms with Crippen LogP contribution in [0.15, 0.2) is 0 Å². The summed E-state index contributed by atoms with van der Waals surface area (Å²) in [4.78, 5) is 25.8. The van der Waals surface area contributed by atoms with Crippen molar-refractivity contribution in [3.63, 3.8) is 0 Å². The minimum atomic E-state index is -1.98. The lowest BCUT2D eigenvalue weighted by atomic mass is 10.2. The lowest BCUT2D eigenvalue weighted by molar-refractivity contribution is -0.145. The van der Waals surface area contributed by atoms with E-state index in [2.05, 4.69) is 19.6 Å². The van der Waals surface area contributed by atoms with Crippen LogP contribution in [0.3, 0.4) is 0 Å². The lowest BCUT2D eigenvalue weighted by Crippen LogP contribution is -2.45. The molecule has 1 heterocycles. The number of rotatable bonds is 5. The molecule has 2 atom stereocenters. The van der Waals surface area contributed by atoms with Crippen LogP contribution in [0.2, 0.25) is 39.3 Å². The first-order valence-electron chi connectivity index (χ1n) is 7.19. The maximum absolute atomic E-state index is 12.3. The van der Waals surface area contributed by atoms with Gasteiger partial charge in [-0.3, -0.25) is 9.59 Å². The van der Waals surface area contributed by atoms with Gasteiger partial charge in [0.2, 0.25) is 14.2 Å². The highest BCUT2D eigenvalue weighted by Gasteiger charge is 2.43. The summed E-state index contributed by atoms with van der Waals surface area (Å²) in [5.74, 6) is -0.693. The van der Waals surface area contributed by atoms with Crippen molar-refractivity contribution in [2.45, 2.75) is 57.8 Å². The Balaban J connectivity index is 2.83. The van der Waals surface area contributed by atoms with Gasteiger partial charge in [-0.25, -0.2) is 0 Å². The van der Waals surface area contributed by atoms with Gasteiger partial charge in [0.1, 0.15) is 11.9 Å². The molecule has 0 aromatic rings. The third-order valence-electron chi connectivity index (χ3n) is 2.90. The smallest absolute Gasteiger partial charge is 0.315 e. The molecule has 1 saturated heterocycles. The molecule has 1 aliphatic heterocycles. The normalized spacial score (nSPS) is 23.3. The topological polar surface area (TPSA) is 55.8 Å². The van der Waals surface area contributed by atoms with Crippen molar-refractivity contribution in [3.8, 4) is 0 Å². The average molecular weight is 352 g/mol. The predicted octanol–water partition coefficient (Wildman–Crippen LogP) is 2.42. The summed E-state index contributed by atoms with van der Waals surface area (Å²) in [6.07, 6.45) is 0.388. The number of carbonyl (C=O) groups is 2. The van der Waals surface area contributed by atoms with Gasteiger partial charge in [0.05, 0.1) is 6.10 Å². The highest BCUT2D eigenvalue weighted by Crippen LogP contribution is 2.25. The van der Waals surface area contributed by atoms with E-state index < -0.39 is 22.7 Å². The number of alkyl halides is 1. The first kappa shape index (κ1) is 18.7. The van der Waals surface area contributed by atoms with E-state index in [4.69, 9.17) is 20.5 Å². The largest absolute Gasteiger partial charge is 0.518 e. The maximum atomic E-state index is 12.3. The first-order valence-corrected chi connectivity index (χ1v) is 14.5. The van der Waals surface area contributed by atoms with E-state index in [0.29, 0.717) is 13.0 Å². The Kier molecular flexibility index (Phi) is 6.05. The van der Waals surface area contributed by atoms with E-state index >= 15 is 0 Å². The summed E-state index contributed by atoms with van der Waals surface area (Å²) in [5.41, 5.74) is 0. The molecule has 0 bridgehead atoms. The molecular weight excluding hydrogens is 326 g/mol. The van der Waals surface area contributed by atoms with Crippen molar-refractivity contribution >= 4 is 40.1 Å². The molecule has 5 nitrogen and oxygen atoms in total. The molecule has 1 rings (SSSR count). The van der Waals surface area contributed by atoms with Crippen LogP contribution in [0, 0.1) is 0 Å². The molecule has 0 radical (unpaired) electrons. The number of halogens is 1. The van der Waals surface area contributed by atoms with Gasteiger partial charge < -0.3 is 13.8 Å². The van der Waals surface area contributed by atoms with Crippen molar-refractivity contribution < 1.29 is 18.4 Å². The van der Waals surface area contributed by atoms with E-state index in [1.54, 1.807) is 0 Å². The third kappa shape index (κ3) is 6.09. The molecule has 2 unspecified atom stereocenters. The van der Waals surface area contributed by atoms with E-state index in [1.165, 1.54) is 4.90 Å². The second-order valence-corrected chi connectivity index (χ2v) is 16.5. The van der Waals surface area contributed by atoms with Gasteiger partial charge >= 0.3 is 5.97 Å². The third-order valence-corrected chi connectivity index (χ3v) is 4.98. The molecule has 8 heteroatoms. The molecule has 0 spiro atoms. The van der Waals surface area contributed by atoms with Crippen LogP contribution in [-0.4, -0.2) is 58.0 Å². The number of nitrogens with zero attached hydrogens (tertiary/aromatic N) is 1. The monoisotopic (exact) mass is 351 g/mol. The van der Waals surface area contributed by atoms with Gasteiger partial charge in [0.25, 0.3) is 0 Å². The SMILES string of the molecule is C[Si](C)(C)OC(=O)C1CC(O[Si](C)(C)C)CN1C(=O)CCl. The molecule has 1 amide bonds. The standard InChI is InChI=1S/C13H26ClNO4Si2/c1-20(2,3)18-10-7-11(13(17)19-21(4,5)6)15(9-10)12(16)8-14/h10-11H,7-9H2,1-6H3. The van der Waals surface area contributed by atoms with E-state index in [9.17, 15) is 9.59 Å². The second kappa shape index (κ2) is 6.81. The van der Waals surface area contributed by atoms with E-state index in [-0.39, 0.29) is 23.9 Å². The molecule has 0 aromatic heterocycles. The number of amides is 1. The molecule has 1 aliphatic rings. The summed E-state index contributed by atoms with van der Waals surface area (Å²) in [5, 5.41) is 0. The number of carbonyl (C=O) groups excluding carboxylic acids is 2. The minimum absolute atomic E-state index is 0.108. The summed E-state index contributed by atoms with van der Waals surface area (Å²) >= 11 is 5.65. The van der Waals surface area contributed by atoms with Crippen molar-refractivity contribution in [1.82, 2.24) is 4.90 Å². The zero-order valence-electron chi connectivity index (χ0n) is 13.7. The Bertz CT molecular complexity index is 406. The van der Waals surface area contributed by atoms with E-state index in [0.717, 1.165) is 0 Å². The quantitative estimate of drug-likeness (QED) is 0.564. The fraction of sp³-hybridized carbons (Fsp3) is 0.846. The van der Waals surface area contributed by atoms with Crippen LogP contribution in [0.25, 0.3) is 0 Å². The van der Waals surface area contributed by atoms with Crippen LogP contribution in [0.1, 0.15) is 6.42 Å². The summed E-state index contributed by atoms with van der Waals surface area (Å²) in [7, 11) is -3.71.